The molecule has 0 radical (unpaired) electrons. The maximum Gasteiger partial charge on any atom is 0.127 e. The van der Waals surface area contributed by atoms with Gasteiger partial charge in [0.25, 0.3) is 0 Å². The first kappa shape index (κ1) is 25.0. The van der Waals surface area contributed by atoms with Gasteiger partial charge in [-0.15, -0.1) is 0 Å². The Balaban J connectivity index is 1.81. The molecule has 37 heavy (non-hydrogen) atoms. The van der Waals surface area contributed by atoms with Crippen LogP contribution in [0.4, 0.5) is 0 Å². The Kier molecular flexibility index (Phi) is 8.18. The van der Waals surface area contributed by atoms with Crippen LogP contribution in [0.15, 0.2) is 133 Å². The molecule has 0 spiro atoms. The van der Waals surface area contributed by atoms with Crippen LogP contribution >= 0.6 is 15.9 Å². The fraction of sp³-hybridized carbons (Fsp3) is 0.143. The lowest BCUT2D eigenvalue weighted by molar-refractivity contribution is 0.403. The Hall–Kier alpha value is -3.62. The zero-order chi connectivity index (χ0) is 25.5. The van der Waals surface area contributed by atoms with E-state index in [-0.39, 0.29) is 11.8 Å². The van der Waals surface area contributed by atoms with Crippen molar-refractivity contribution in [3.8, 4) is 5.75 Å². The third-order valence-corrected chi connectivity index (χ3v) is 7.34. The van der Waals surface area contributed by atoms with Crippen molar-refractivity contribution in [2.45, 2.75) is 18.3 Å². The van der Waals surface area contributed by atoms with Crippen molar-refractivity contribution in [2.24, 2.45) is 0 Å². The minimum atomic E-state index is 0.0542. The third-order valence-electron chi connectivity index (χ3n) is 6.95. The van der Waals surface area contributed by atoms with Crippen LogP contribution in [-0.2, 0) is 6.42 Å². The predicted molar refractivity (Wildman–Crippen MR) is 158 cm³/mol. The predicted octanol–water partition coefficient (Wildman–Crippen LogP) is 8.99. The number of rotatable bonds is 9. The summed E-state index contributed by atoms with van der Waals surface area (Å²) >= 11 is 3.69. The Morgan fingerprint density at radius 3 is 1.14 bits per heavy atom. The molecule has 0 saturated carbocycles. The van der Waals surface area contributed by atoms with Crippen molar-refractivity contribution >= 4 is 15.9 Å². The highest BCUT2D eigenvalue weighted by Gasteiger charge is 2.28. The molecule has 0 aromatic heterocycles. The van der Waals surface area contributed by atoms with Crippen molar-refractivity contribution in [1.29, 1.82) is 0 Å². The van der Waals surface area contributed by atoms with E-state index in [4.69, 9.17) is 4.74 Å². The molecule has 0 fully saturated rings. The fourth-order valence-corrected chi connectivity index (χ4v) is 5.80. The van der Waals surface area contributed by atoms with Crippen LogP contribution in [0.3, 0.4) is 0 Å². The van der Waals surface area contributed by atoms with Crippen molar-refractivity contribution in [3.63, 3.8) is 0 Å². The molecular weight excluding hydrogens is 516 g/mol. The molecule has 184 valence electrons. The Morgan fingerprint density at radius 2 is 0.865 bits per heavy atom. The van der Waals surface area contributed by atoms with Crippen LogP contribution in [0.25, 0.3) is 0 Å². The van der Waals surface area contributed by atoms with Gasteiger partial charge in [0.15, 0.2) is 0 Å². The summed E-state index contributed by atoms with van der Waals surface area (Å²) in [5.74, 6) is 1.06. The standard InChI is InChI=1S/C35H31BrO/c1-37-35-31(33(27-14-6-2-7-15-27)28-16-8-3-9-17-28)24-26(22-23-36)25-32(35)34(29-18-10-4-11-19-29)30-20-12-5-13-21-30/h2-21,24-25,33-34H,22-23H2,1H3. The second-order valence-corrected chi connectivity index (χ2v) is 10.0. The van der Waals surface area contributed by atoms with Crippen LogP contribution in [0.2, 0.25) is 0 Å². The Morgan fingerprint density at radius 1 is 0.541 bits per heavy atom. The summed E-state index contributed by atoms with van der Waals surface area (Å²) in [5.41, 5.74) is 8.72. The van der Waals surface area contributed by atoms with Crippen molar-refractivity contribution in [2.75, 3.05) is 12.4 Å². The van der Waals surface area contributed by atoms with Crippen LogP contribution in [0.1, 0.15) is 50.8 Å². The van der Waals surface area contributed by atoms with Gasteiger partial charge in [-0.05, 0) is 34.2 Å². The first-order chi connectivity index (χ1) is 18.3. The van der Waals surface area contributed by atoms with E-state index in [9.17, 15) is 0 Å². The lowest BCUT2D eigenvalue weighted by Gasteiger charge is -2.28. The lowest BCUT2D eigenvalue weighted by Crippen LogP contribution is -2.12. The lowest BCUT2D eigenvalue weighted by atomic mass is 9.78. The summed E-state index contributed by atoms with van der Waals surface area (Å²) in [6, 6.07) is 47.8. The van der Waals surface area contributed by atoms with Crippen LogP contribution < -0.4 is 4.74 Å². The van der Waals surface area contributed by atoms with Crippen molar-refractivity contribution in [3.05, 3.63) is 172 Å². The maximum atomic E-state index is 6.35. The topological polar surface area (TPSA) is 9.23 Å². The number of benzene rings is 5. The number of ether oxygens (including phenoxy) is 1. The van der Waals surface area contributed by atoms with E-state index in [0.717, 1.165) is 17.5 Å². The van der Waals surface area contributed by atoms with E-state index in [2.05, 4.69) is 149 Å². The molecule has 0 bridgehead atoms. The molecule has 5 aromatic rings. The van der Waals surface area contributed by atoms with E-state index in [0.29, 0.717) is 0 Å². The number of alkyl halides is 1. The van der Waals surface area contributed by atoms with Crippen LogP contribution in [0, 0.1) is 0 Å². The number of halogens is 1. The molecule has 2 heteroatoms. The molecule has 1 nitrogen and oxygen atoms in total. The molecule has 0 amide bonds. The highest BCUT2D eigenvalue weighted by atomic mass is 79.9. The molecule has 0 saturated heterocycles. The molecule has 0 N–H and O–H groups in total. The zero-order valence-electron chi connectivity index (χ0n) is 21.1. The maximum absolute atomic E-state index is 6.35. The molecular formula is C35H31BrO. The Labute approximate surface area is 228 Å². The molecule has 0 aliphatic heterocycles. The molecule has 0 heterocycles. The summed E-state index contributed by atoms with van der Waals surface area (Å²) in [4.78, 5) is 0. The van der Waals surface area contributed by atoms with Crippen molar-refractivity contribution in [1.82, 2.24) is 0 Å². The van der Waals surface area contributed by atoms with Gasteiger partial charge in [0.2, 0.25) is 0 Å². The van der Waals surface area contributed by atoms with E-state index >= 15 is 0 Å². The van der Waals surface area contributed by atoms with Crippen LogP contribution in [0.5, 0.6) is 5.75 Å². The highest BCUT2D eigenvalue weighted by molar-refractivity contribution is 9.09. The first-order valence-electron chi connectivity index (χ1n) is 12.8. The van der Waals surface area contributed by atoms with Gasteiger partial charge in [0, 0.05) is 28.3 Å². The number of aryl methyl sites for hydroxylation is 1. The third kappa shape index (κ3) is 5.55. The minimum Gasteiger partial charge on any atom is -0.496 e. The summed E-state index contributed by atoms with van der Waals surface area (Å²) in [6.45, 7) is 0. The largest absolute Gasteiger partial charge is 0.496 e. The van der Waals surface area contributed by atoms with Gasteiger partial charge in [-0.1, -0.05) is 149 Å². The quantitative estimate of drug-likeness (QED) is 0.132. The Bertz CT molecular complexity index is 1220. The van der Waals surface area contributed by atoms with Gasteiger partial charge in [0.1, 0.15) is 5.75 Å². The number of hydrogen-bond donors (Lipinski definition) is 0. The molecule has 5 rings (SSSR count). The summed E-state index contributed by atoms with van der Waals surface area (Å²) in [6.07, 6.45) is 0.941. The molecule has 0 aliphatic carbocycles. The second-order valence-electron chi connectivity index (χ2n) is 9.26. The number of methoxy groups -OCH3 is 1. The van der Waals surface area contributed by atoms with Gasteiger partial charge in [0.05, 0.1) is 7.11 Å². The molecule has 0 atom stereocenters. The minimum absolute atomic E-state index is 0.0542. The van der Waals surface area contributed by atoms with E-state index < -0.39 is 0 Å². The normalized spacial score (nSPS) is 11.1. The van der Waals surface area contributed by atoms with Crippen molar-refractivity contribution < 1.29 is 4.74 Å². The summed E-state index contributed by atoms with van der Waals surface area (Å²) in [5, 5.41) is 0.904. The monoisotopic (exact) mass is 546 g/mol. The number of hydrogen-bond acceptors (Lipinski definition) is 1. The fourth-order valence-electron chi connectivity index (χ4n) is 5.34. The second kappa shape index (κ2) is 12.1. The van der Waals surface area contributed by atoms with E-state index in [1.165, 1.54) is 38.9 Å². The highest BCUT2D eigenvalue weighted by Crippen LogP contribution is 2.45. The summed E-state index contributed by atoms with van der Waals surface area (Å²) < 4.78 is 6.35. The molecule has 5 aromatic carbocycles. The first-order valence-corrected chi connectivity index (χ1v) is 13.9. The SMILES string of the molecule is COc1c(C(c2ccccc2)c2ccccc2)cc(CCBr)cc1C(c1ccccc1)c1ccccc1. The van der Waals surface area contributed by atoms with Gasteiger partial charge >= 0.3 is 0 Å². The van der Waals surface area contributed by atoms with Gasteiger partial charge in [-0.3, -0.25) is 0 Å². The van der Waals surface area contributed by atoms with Crippen LogP contribution in [-0.4, -0.2) is 12.4 Å². The van der Waals surface area contributed by atoms with Gasteiger partial charge in [-0.2, -0.15) is 0 Å². The van der Waals surface area contributed by atoms with E-state index in [1.54, 1.807) is 0 Å². The molecule has 0 unspecified atom stereocenters. The zero-order valence-corrected chi connectivity index (χ0v) is 22.6. The average Bonchev–Trinajstić information content (AvgIpc) is 2.96. The summed E-state index contributed by atoms with van der Waals surface area (Å²) in [7, 11) is 1.81. The van der Waals surface area contributed by atoms with Gasteiger partial charge in [-0.25, -0.2) is 0 Å². The molecule has 0 aliphatic rings. The smallest absolute Gasteiger partial charge is 0.127 e. The average molecular weight is 548 g/mol. The van der Waals surface area contributed by atoms with Gasteiger partial charge < -0.3 is 4.74 Å². The van der Waals surface area contributed by atoms with E-state index in [1.807, 2.05) is 7.11 Å².